The number of hydrogen-bond donors (Lipinski definition) is 0. The fourth-order valence-electron chi connectivity index (χ4n) is 1.61. The molecule has 2 heterocycles. The number of allylic oxidation sites excluding steroid dienone is 1. The monoisotopic (exact) mass is 299 g/mol. The molecule has 3 rings (SSSR count). The summed E-state index contributed by atoms with van der Waals surface area (Å²) < 4.78 is 3.73. The van der Waals surface area contributed by atoms with Gasteiger partial charge in [-0.25, -0.2) is 4.98 Å². The highest BCUT2D eigenvalue weighted by molar-refractivity contribution is 7.12. The molecule has 0 spiro atoms. The van der Waals surface area contributed by atoms with Gasteiger partial charge in [-0.15, -0.1) is 16.4 Å². The molecule has 0 aliphatic rings. The summed E-state index contributed by atoms with van der Waals surface area (Å²) in [5.74, 6) is -0.120. The van der Waals surface area contributed by atoms with Crippen LogP contribution in [0.2, 0.25) is 0 Å². The second-order valence-corrected chi connectivity index (χ2v) is 5.40. The molecule has 0 unspecified atom stereocenters. The van der Waals surface area contributed by atoms with Crippen LogP contribution >= 0.6 is 22.9 Å². The van der Waals surface area contributed by atoms with Crippen LogP contribution in [0.1, 0.15) is 15.5 Å². The molecule has 0 N–H and O–H groups in total. The predicted octanol–water partition coefficient (Wildman–Crippen LogP) is 3.56. The minimum Gasteiger partial charge on any atom is -0.287 e. The summed E-state index contributed by atoms with van der Waals surface area (Å²) in [5.41, 5.74) is 2.52. The van der Waals surface area contributed by atoms with E-state index in [1.807, 2.05) is 35.7 Å². The molecule has 0 atom stereocenters. The summed E-state index contributed by atoms with van der Waals surface area (Å²) in [6.07, 6.45) is 3.12. The molecule has 1 aromatic carbocycles. The van der Waals surface area contributed by atoms with E-state index in [9.17, 15) is 4.79 Å². The van der Waals surface area contributed by atoms with Crippen LogP contribution < -0.4 is 0 Å². The third kappa shape index (κ3) is 2.87. The molecule has 2 aromatic heterocycles. The molecule has 6 heteroatoms. The zero-order valence-electron chi connectivity index (χ0n) is 10.3. The van der Waals surface area contributed by atoms with Crippen molar-refractivity contribution in [3.63, 3.8) is 0 Å². The van der Waals surface area contributed by atoms with Crippen LogP contribution in [0.15, 0.2) is 47.2 Å². The lowest BCUT2D eigenvalue weighted by molar-refractivity contribution is 0.104. The van der Waals surface area contributed by atoms with Crippen molar-refractivity contribution in [2.24, 2.45) is 0 Å². The summed E-state index contributed by atoms with van der Waals surface area (Å²) in [5, 5.41) is 7.99. The van der Waals surface area contributed by atoms with E-state index < -0.39 is 0 Å². The quantitative estimate of drug-likeness (QED) is 0.546. The number of ketones is 1. The molecule has 0 aliphatic heterocycles. The largest absolute Gasteiger partial charge is 0.287 e. The molecule has 0 fully saturated rings. The number of rotatable bonds is 4. The predicted molar refractivity (Wildman–Crippen MR) is 80.8 cm³/mol. The van der Waals surface area contributed by atoms with Crippen molar-refractivity contribution in [2.45, 2.75) is 0 Å². The van der Waals surface area contributed by atoms with Crippen molar-refractivity contribution < 1.29 is 4.79 Å². The van der Waals surface area contributed by atoms with E-state index in [0.717, 1.165) is 11.3 Å². The average molecular weight is 299 g/mol. The molecule has 0 saturated heterocycles. The highest BCUT2D eigenvalue weighted by Gasteiger charge is 2.09. The standard InChI is InChI=1S/C14H9N3OS2/c18-13(7-6-11-8-20-17-16-11)14-15-12(9-19-14)10-4-2-1-3-5-10/h1-9H/b7-6-. The molecule has 3 aromatic rings. The number of aromatic nitrogens is 3. The van der Waals surface area contributed by atoms with Gasteiger partial charge in [0.25, 0.3) is 0 Å². The average Bonchev–Trinajstić information content (AvgIpc) is 3.17. The van der Waals surface area contributed by atoms with Gasteiger partial charge >= 0.3 is 0 Å². The Morgan fingerprint density at radius 2 is 2.00 bits per heavy atom. The maximum absolute atomic E-state index is 12.0. The Hall–Kier alpha value is -2.18. The molecule has 0 bridgehead atoms. The van der Waals surface area contributed by atoms with Gasteiger partial charge in [0, 0.05) is 16.3 Å². The Bertz CT molecular complexity index is 733. The fraction of sp³-hybridized carbons (Fsp3) is 0. The SMILES string of the molecule is O=C(/C=C\c1csnn1)c1nc(-c2ccccc2)cs1. The van der Waals surface area contributed by atoms with Crippen molar-refractivity contribution in [3.8, 4) is 11.3 Å². The first-order valence-electron chi connectivity index (χ1n) is 5.83. The Morgan fingerprint density at radius 3 is 2.75 bits per heavy atom. The third-order valence-electron chi connectivity index (χ3n) is 2.57. The first-order valence-corrected chi connectivity index (χ1v) is 7.55. The fourth-order valence-corrected chi connectivity index (χ4v) is 2.77. The Balaban J connectivity index is 1.78. The Morgan fingerprint density at radius 1 is 1.15 bits per heavy atom. The highest BCUT2D eigenvalue weighted by atomic mass is 32.1. The van der Waals surface area contributed by atoms with Crippen LogP contribution in [0.4, 0.5) is 0 Å². The van der Waals surface area contributed by atoms with Crippen LogP contribution in [-0.2, 0) is 0 Å². The highest BCUT2D eigenvalue weighted by Crippen LogP contribution is 2.22. The van der Waals surface area contributed by atoms with Crippen molar-refractivity contribution in [1.29, 1.82) is 0 Å². The van der Waals surface area contributed by atoms with E-state index in [2.05, 4.69) is 14.6 Å². The van der Waals surface area contributed by atoms with Gasteiger partial charge in [-0.3, -0.25) is 4.79 Å². The van der Waals surface area contributed by atoms with Gasteiger partial charge in [-0.1, -0.05) is 34.8 Å². The second-order valence-electron chi connectivity index (χ2n) is 3.93. The van der Waals surface area contributed by atoms with E-state index in [0.29, 0.717) is 10.7 Å². The first kappa shape index (κ1) is 12.8. The number of carbonyl (C=O) groups excluding carboxylic acids is 1. The van der Waals surface area contributed by atoms with Crippen LogP contribution in [-0.4, -0.2) is 20.4 Å². The number of hydrogen-bond acceptors (Lipinski definition) is 6. The van der Waals surface area contributed by atoms with E-state index in [1.165, 1.54) is 28.9 Å². The zero-order chi connectivity index (χ0) is 13.8. The topological polar surface area (TPSA) is 55.7 Å². The minimum absolute atomic E-state index is 0.120. The smallest absolute Gasteiger partial charge is 0.214 e. The number of carbonyl (C=O) groups is 1. The lowest BCUT2D eigenvalue weighted by Gasteiger charge is -1.93. The van der Waals surface area contributed by atoms with Gasteiger partial charge in [0.1, 0.15) is 0 Å². The van der Waals surface area contributed by atoms with Gasteiger partial charge in [0.15, 0.2) is 5.01 Å². The van der Waals surface area contributed by atoms with E-state index in [-0.39, 0.29) is 5.78 Å². The lowest BCUT2D eigenvalue weighted by Crippen LogP contribution is -1.93. The van der Waals surface area contributed by atoms with E-state index >= 15 is 0 Å². The van der Waals surface area contributed by atoms with Crippen molar-refractivity contribution in [1.82, 2.24) is 14.6 Å². The number of thiazole rings is 1. The maximum Gasteiger partial charge on any atom is 0.214 e. The summed E-state index contributed by atoms with van der Waals surface area (Å²) in [7, 11) is 0. The summed E-state index contributed by atoms with van der Waals surface area (Å²) >= 11 is 2.60. The van der Waals surface area contributed by atoms with Crippen LogP contribution in [0.3, 0.4) is 0 Å². The summed E-state index contributed by atoms with van der Waals surface area (Å²) in [6, 6.07) is 9.80. The molecule has 4 nitrogen and oxygen atoms in total. The zero-order valence-corrected chi connectivity index (χ0v) is 11.9. The molecule has 0 aliphatic carbocycles. The first-order chi connectivity index (χ1) is 9.83. The molecule has 98 valence electrons. The molecule has 0 saturated carbocycles. The molecular weight excluding hydrogens is 290 g/mol. The van der Waals surface area contributed by atoms with E-state index in [1.54, 1.807) is 11.5 Å². The van der Waals surface area contributed by atoms with Crippen LogP contribution in [0.25, 0.3) is 17.3 Å². The molecular formula is C14H9N3OS2. The van der Waals surface area contributed by atoms with Crippen molar-refractivity contribution in [3.05, 3.63) is 57.9 Å². The Labute approximate surface area is 123 Å². The summed E-state index contributed by atoms with van der Waals surface area (Å²) in [4.78, 5) is 16.4. The number of nitrogens with zero attached hydrogens (tertiary/aromatic N) is 3. The van der Waals surface area contributed by atoms with Crippen molar-refractivity contribution >= 4 is 34.7 Å². The van der Waals surface area contributed by atoms with Gasteiger partial charge in [-0.2, -0.15) is 0 Å². The van der Waals surface area contributed by atoms with Crippen LogP contribution in [0, 0.1) is 0 Å². The minimum atomic E-state index is -0.120. The second kappa shape index (κ2) is 5.85. The summed E-state index contributed by atoms with van der Waals surface area (Å²) in [6.45, 7) is 0. The maximum atomic E-state index is 12.0. The van der Waals surface area contributed by atoms with Gasteiger partial charge < -0.3 is 0 Å². The van der Waals surface area contributed by atoms with Gasteiger partial charge in [0.2, 0.25) is 5.78 Å². The van der Waals surface area contributed by atoms with Crippen molar-refractivity contribution in [2.75, 3.05) is 0 Å². The normalized spacial score (nSPS) is 11.0. The van der Waals surface area contributed by atoms with E-state index in [4.69, 9.17) is 0 Å². The molecule has 0 radical (unpaired) electrons. The van der Waals surface area contributed by atoms with Gasteiger partial charge in [-0.05, 0) is 23.7 Å². The third-order valence-corrected chi connectivity index (χ3v) is 3.95. The molecule has 20 heavy (non-hydrogen) atoms. The molecule has 0 amide bonds. The Kier molecular flexibility index (Phi) is 3.76. The van der Waals surface area contributed by atoms with Gasteiger partial charge in [0.05, 0.1) is 11.4 Å². The number of benzene rings is 1. The van der Waals surface area contributed by atoms with Crippen LogP contribution in [0.5, 0.6) is 0 Å². The lowest BCUT2D eigenvalue weighted by atomic mass is 10.2.